The van der Waals surface area contributed by atoms with Gasteiger partial charge in [0.05, 0.1) is 85.5 Å². The van der Waals surface area contributed by atoms with Crippen molar-refractivity contribution in [3.05, 3.63) is 85.1 Å². The number of nitrogens with two attached hydrogens (primary N) is 1. The second-order valence-electron chi connectivity index (χ2n) is 19.4. The topological polar surface area (TPSA) is 311 Å². The van der Waals surface area contributed by atoms with Gasteiger partial charge in [0.25, 0.3) is 0 Å². The molecule has 0 aromatic rings. The highest BCUT2D eigenvalue weighted by molar-refractivity contribution is 5.80. The minimum atomic E-state index is -2.24. The molecule has 0 aromatic heterocycles. The van der Waals surface area contributed by atoms with E-state index in [0.717, 1.165) is 12.8 Å². The summed E-state index contributed by atoms with van der Waals surface area (Å²) in [5, 5.41) is 113. The first-order valence-corrected chi connectivity index (χ1v) is 24.4. The molecule has 13 N–H and O–H groups in total. The number of hydrogen-bond acceptors (Lipinski definition) is 17. The zero-order chi connectivity index (χ0) is 50.8. The number of carbonyl (C=O) groups excluding carboxylic acids is 2. The van der Waals surface area contributed by atoms with Gasteiger partial charge in [0.2, 0.25) is 5.91 Å². The molecule has 0 radical (unpaired) electrons. The normalized spacial score (nSPS) is 44.6. The number of aliphatic hydroxyl groups is 10. The second-order valence-corrected chi connectivity index (χ2v) is 19.4. The summed E-state index contributed by atoms with van der Waals surface area (Å²) in [6.07, 6.45) is 7.16. The summed E-state index contributed by atoms with van der Waals surface area (Å²) in [5.41, 5.74) is 6.10. The summed E-state index contributed by atoms with van der Waals surface area (Å²) >= 11 is 0. The van der Waals surface area contributed by atoms with E-state index in [1.54, 1.807) is 63.3 Å². The van der Waals surface area contributed by atoms with Gasteiger partial charge in [0.1, 0.15) is 12.2 Å². The summed E-state index contributed by atoms with van der Waals surface area (Å²) in [6, 6.07) is -1.12. The molecule has 2 saturated heterocycles. The minimum Gasteiger partial charge on any atom is -0.462 e. The first-order valence-electron chi connectivity index (χ1n) is 24.4. The van der Waals surface area contributed by atoms with E-state index in [1.165, 1.54) is 0 Å². The molecule has 18 heteroatoms. The van der Waals surface area contributed by atoms with Crippen molar-refractivity contribution in [1.29, 1.82) is 0 Å². The van der Waals surface area contributed by atoms with Crippen molar-refractivity contribution in [3.8, 4) is 0 Å². The van der Waals surface area contributed by atoms with Crippen LogP contribution in [0.3, 0.4) is 0 Å². The number of amides is 1. The third-order valence-corrected chi connectivity index (χ3v) is 13.3. The van der Waals surface area contributed by atoms with Crippen LogP contribution in [0.1, 0.15) is 91.9 Å². The predicted octanol–water partition coefficient (Wildman–Crippen LogP) is 1.15. The van der Waals surface area contributed by atoms with Gasteiger partial charge in [-0.2, -0.15) is 0 Å². The van der Waals surface area contributed by atoms with E-state index in [9.17, 15) is 60.7 Å². The van der Waals surface area contributed by atoms with Crippen LogP contribution in [-0.4, -0.2) is 167 Å². The molecule has 390 valence electrons. The lowest BCUT2D eigenvalue weighted by Gasteiger charge is -2.46. The Morgan fingerprint density at radius 2 is 1.28 bits per heavy atom. The SMILES string of the molecule is C[C@@H]1[C@H](O)[C@@H](C)/C=C/C=C/C=C/C=C/C=C/C=C/C=C/[C@H](O[C@@H]2O[C@H](C)[C@@H](O)[C@H](N)[C@@H]2O)C[C@@H]2O[C@](O)(C[C@@H](O)C[C@@H](O)[C@H](O)CC[C@@H](O)C[C@@H](O)CC(=O)O[C@H]1C)C[C@H](O)[C@H]2C(=O)NCC1CC1. The van der Waals surface area contributed by atoms with E-state index in [2.05, 4.69) is 5.32 Å². The molecule has 3 aliphatic heterocycles. The van der Waals surface area contributed by atoms with Gasteiger partial charge in [-0.15, -0.1) is 0 Å². The minimum absolute atomic E-state index is 0.0857. The van der Waals surface area contributed by atoms with Crippen molar-refractivity contribution >= 4 is 11.9 Å². The predicted molar refractivity (Wildman–Crippen MR) is 255 cm³/mol. The van der Waals surface area contributed by atoms with Crippen molar-refractivity contribution in [3.63, 3.8) is 0 Å². The summed E-state index contributed by atoms with van der Waals surface area (Å²) in [6.45, 7) is 7.20. The van der Waals surface area contributed by atoms with Crippen molar-refractivity contribution < 1.29 is 79.6 Å². The van der Waals surface area contributed by atoms with Crippen LogP contribution in [0.15, 0.2) is 85.1 Å². The second kappa shape index (κ2) is 28.6. The van der Waals surface area contributed by atoms with E-state index >= 15 is 0 Å². The third kappa shape index (κ3) is 19.6. The molecule has 0 spiro atoms. The highest BCUT2D eigenvalue weighted by atomic mass is 16.7. The zero-order valence-corrected chi connectivity index (χ0v) is 40.3. The number of carbonyl (C=O) groups is 2. The van der Waals surface area contributed by atoms with Crippen LogP contribution in [0.4, 0.5) is 0 Å². The number of cyclic esters (lactones) is 1. The highest BCUT2D eigenvalue weighted by Gasteiger charge is 2.51. The number of ether oxygens (including phenoxy) is 4. The Morgan fingerprint density at radius 3 is 1.88 bits per heavy atom. The molecular weight excluding hydrogens is 897 g/mol. The molecule has 69 heavy (non-hydrogen) atoms. The molecule has 1 saturated carbocycles. The van der Waals surface area contributed by atoms with Crippen molar-refractivity contribution in [2.75, 3.05) is 6.54 Å². The molecule has 4 aliphatic rings. The van der Waals surface area contributed by atoms with Gasteiger partial charge in [-0.25, -0.2) is 0 Å². The molecule has 3 heterocycles. The Balaban J connectivity index is 1.58. The molecule has 1 amide bonds. The van der Waals surface area contributed by atoms with Gasteiger partial charge in [0.15, 0.2) is 12.1 Å². The molecule has 4 rings (SSSR count). The van der Waals surface area contributed by atoms with Gasteiger partial charge in [-0.3, -0.25) is 9.59 Å². The number of hydrogen-bond donors (Lipinski definition) is 12. The van der Waals surface area contributed by atoms with Crippen molar-refractivity contribution in [2.45, 2.75) is 189 Å². The Hall–Kier alpha value is -3.44. The van der Waals surface area contributed by atoms with Crippen molar-refractivity contribution in [1.82, 2.24) is 5.32 Å². The highest BCUT2D eigenvalue weighted by Crippen LogP contribution is 2.38. The Bertz CT molecular complexity index is 1780. The zero-order valence-electron chi connectivity index (χ0n) is 40.3. The van der Waals surface area contributed by atoms with Crippen LogP contribution in [0.5, 0.6) is 0 Å². The fraction of sp³-hybridized carbons (Fsp3) is 0.686. The molecule has 0 aromatic carbocycles. The first kappa shape index (κ1) is 58.1. The summed E-state index contributed by atoms with van der Waals surface area (Å²) in [7, 11) is 0. The Morgan fingerprint density at radius 1 is 0.681 bits per heavy atom. The largest absolute Gasteiger partial charge is 0.462 e. The average molecular weight is 977 g/mol. The number of esters is 1. The number of rotatable bonds is 5. The number of nitrogens with one attached hydrogen (secondary N) is 1. The van der Waals surface area contributed by atoms with Crippen LogP contribution in [-0.2, 0) is 28.5 Å². The smallest absolute Gasteiger partial charge is 0.308 e. The van der Waals surface area contributed by atoms with E-state index in [4.69, 9.17) is 24.7 Å². The van der Waals surface area contributed by atoms with Gasteiger partial charge >= 0.3 is 5.97 Å². The molecule has 3 fully saturated rings. The summed E-state index contributed by atoms with van der Waals surface area (Å²) < 4.78 is 23.8. The van der Waals surface area contributed by atoms with Crippen molar-refractivity contribution in [2.24, 2.45) is 29.4 Å². The molecule has 18 nitrogen and oxygen atoms in total. The monoisotopic (exact) mass is 977 g/mol. The number of fused-ring (bicyclic) bond motifs is 2. The lowest BCUT2D eigenvalue weighted by molar-refractivity contribution is -0.307. The molecular formula is C51H80N2O16. The van der Waals surface area contributed by atoms with Gasteiger partial charge < -0.3 is 81.1 Å². The molecule has 19 atom stereocenters. The first-order chi connectivity index (χ1) is 32.7. The van der Waals surface area contributed by atoms with Gasteiger partial charge in [-0.1, -0.05) is 98.9 Å². The summed E-state index contributed by atoms with van der Waals surface area (Å²) in [4.78, 5) is 26.4. The molecule has 1 aliphatic carbocycles. The quantitative estimate of drug-likeness (QED) is 0.172. The van der Waals surface area contributed by atoms with Gasteiger partial charge in [0, 0.05) is 44.1 Å². The number of aliphatic hydroxyl groups excluding tert-OH is 9. The van der Waals surface area contributed by atoms with E-state index in [1.807, 2.05) is 49.5 Å². The average Bonchev–Trinajstić information content (AvgIpc) is 4.11. The lowest BCUT2D eigenvalue weighted by atomic mass is 9.82. The fourth-order valence-corrected chi connectivity index (χ4v) is 8.67. The fourth-order valence-electron chi connectivity index (χ4n) is 8.67. The van der Waals surface area contributed by atoms with Gasteiger partial charge in [-0.05, 0) is 51.9 Å². The Kier molecular flexibility index (Phi) is 24.1. The van der Waals surface area contributed by atoms with E-state index < -0.39 is 147 Å². The maximum absolute atomic E-state index is 13.7. The summed E-state index contributed by atoms with van der Waals surface area (Å²) in [5.74, 6) is -5.12. The third-order valence-electron chi connectivity index (χ3n) is 13.3. The maximum Gasteiger partial charge on any atom is 0.308 e. The van der Waals surface area contributed by atoms with Crippen LogP contribution in [0.2, 0.25) is 0 Å². The van der Waals surface area contributed by atoms with E-state index in [0.29, 0.717) is 12.5 Å². The van der Waals surface area contributed by atoms with Crippen LogP contribution in [0.25, 0.3) is 0 Å². The maximum atomic E-state index is 13.7. The Labute approximate surface area is 406 Å². The lowest BCUT2D eigenvalue weighted by Crippen LogP contribution is -2.62. The molecule has 0 unspecified atom stereocenters. The molecule has 2 bridgehead atoms. The number of allylic oxidation sites excluding steroid dienone is 12. The van der Waals surface area contributed by atoms with Crippen LogP contribution < -0.4 is 11.1 Å². The van der Waals surface area contributed by atoms with Crippen LogP contribution >= 0.6 is 0 Å². The standard InChI is InChI=1S/C51H80N2O16/c1-30-17-15-13-11-9-7-5-6-8-10-12-14-16-18-38(68-50-48(63)45(52)47(62)33(4)67-50)26-42-44(49(64)53-29-34-19-20-34)41(59)28-51(65,69-42)27-37(56)24-40(58)39(57)22-21-35(54)23-36(55)25-43(60)66-32(3)31(2)46(30)61/h5-18,30-42,44-48,50,54-59,61-63,65H,19-29,52H2,1-4H3,(H,53,64)/b6-5+,9-7+,10-8+,13-11+,14-12+,17-15+,18-16+/t30-,31-,32-,33+,35+,36+,37-,38-,39+,40+,41-,42-,44+,45-,46+,47+,48-,50-,51+/m0/s1. The van der Waals surface area contributed by atoms with E-state index in [-0.39, 0.29) is 31.6 Å². The van der Waals surface area contributed by atoms with Crippen LogP contribution in [0, 0.1) is 23.7 Å².